The summed E-state index contributed by atoms with van der Waals surface area (Å²) < 4.78 is 11.7. The molecule has 0 saturated carbocycles. The maximum absolute atomic E-state index is 12.1. The molecule has 1 aliphatic heterocycles. The van der Waals surface area contributed by atoms with Crippen LogP contribution in [0.1, 0.15) is 15.2 Å². The number of carbonyl (C=O) groups excluding carboxylic acids is 1. The fraction of sp³-hybridized carbons (Fsp3) is 0.0833. The van der Waals surface area contributed by atoms with Crippen LogP contribution >= 0.6 is 11.3 Å². The van der Waals surface area contributed by atoms with Crippen LogP contribution in [0.25, 0.3) is 0 Å². The van der Waals surface area contributed by atoms with Gasteiger partial charge in [0.25, 0.3) is 0 Å². The Balaban J connectivity index is 2.03. The smallest absolute Gasteiger partial charge is 0.202 e. The van der Waals surface area contributed by atoms with Crippen LogP contribution in [0.4, 0.5) is 5.69 Å². The van der Waals surface area contributed by atoms with Crippen molar-refractivity contribution in [3.05, 3.63) is 46.2 Å². The first-order chi connectivity index (χ1) is 8.25. The zero-order chi connectivity index (χ0) is 11.8. The van der Waals surface area contributed by atoms with E-state index < -0.39 is 10.8 Å². The first kappa shape index (κ1) is 10.7. The molecule has 2 heterocycles. The molecule has 1 unspecified atom stereocenters. The molecular weight excluding hydrogens is 254 g/mol. The second-order valence-corrected chi connectivity index (χ2v) is 6.05. The summed E-state index contributed by atoms with van der Waals surface area (Å²) in [7, 11) is -1.03. The van der Waals surface area contributed by atoms with Crippen molar-refractivity contribution in [2.45, 2.75) is 4.90 Å². The molecule has 0 amide bonds. The molecule has 1 aromatic carbocycles. The molecule has 0 spiro atoms. The predicted molar refractivity (Wildman–Crippen MR) is 69.1 cm³/mol. The number of hydrogen-bond donors (Lipinski definition) is 1. The zero-order valence-corrected chi connectivity index (χ0v) is 10.4. The van der Waals surface area contributed by atoms with Crippen molar-refractivity contribution in [2.24, 2.45) is 0 Å². The lowest BCUT2D eigenvalue weighted by atomic mass is 10.1. The molecule has 0 bridgehead atoms. The molecule has 1 N–H and O–H groups in total. The van der Waals surface area contributed by atoms with Crippen LogP contribution in [0.15, 0.2) is 40.6 Å². The Morgan fingerprint density at radius 2 is 2.24 bits per heavy atom. The largest absolute Gasteiger partial charge is 0.372 e. The average Bonchev–Trinajstić information content (AvgIpc) is 2.98. The van der Waals surface area contributed by atoms with E-state index in [0.29, 0.717) is 16.3 Å². The molecule has 0 saturated heterocycles. The van der Waals surface area contributed by atoms with E-state index in [2.05, 4.69) is 5.32 Å². The average molecular weight is 263 g/mol. The quantitative estimate of drug-likeness (QED) is 0.847. The summed E-state index contributed by atoms with van der Waals surface area (Å²) in [6.07, 6.45) is 0. The Bertz CT molecular complexity index is 605. The number of carbonyl (C=O) groups is 1. The lowest BCUT2D eigenvalue weighted by molar-refractivity contribution is 0.104. The van der Waals surface area contributed by atoms with Crippen LogP contribution in [0.2, 0.25) is 0 Å². The van der Waals surface area contributed by atoms with E-state index in [1.165, 1.54) is 11.3 Å². The van der Waals surface area contributed by atoms with Gasteiger partial charge in [-0.15, -0.1) is 11.3 Å². The minimum absolute atomic E-state index is 0.00769. The van der Waals surface area contributed by atoms with Crippen molar-refractivity contribution < 1.29 is 9.00 Å². The van der Waals surface area contributed by atoms with Crippen molar-refractivity contribution in [3.8, 4) is 0 Å². The molecule has 3 nitrogen and oxygen atoms in total. The van der Waals surface area contributed by atoms with Crippen molar-refractivity contribution in [2.75, 3.05) is 11.2 Å². The normalized spacial score (nSPS) is 17.5. The van der Waals surface area contributed by atoms with Crippen molar-refractivity contribution >= 4 is 33.6 Å². The number of fused-ring (bicyclic) bond motifs is 1. The van der Waals surface area contributed by atoms with Crippen LogP contribution in [-0.2, 0) is 10.8 Å². The third kappa shape index (κ3) is 1.81. The highest BCUT2D eigenvalue weighted by Gasteiger charge is 2.20. The summed E-state index contributed by atoms with van der Waals surface area (Å²) in [6, 6.07) is 8.98. The van der Waals surface area contributed by atoms with Crippen molar-refractivity contribution in [3.63, 3.8) is 0 Å². The van der Waals surface area contributed by atoms with E-state index in [1.54, 1.807) is 18.2 Å². The standard InChI is InChI=1S/C12H9NO2S2/c14-12(10-2-1-5-16-10)8-3-4-9-11(6-8)17(15)7-13-9/h1-6,13H,7H2. The molecule has 0 radical (unpaired) electrons. The highest BCUT2D eigenvalue weighted by molar-refractivity contribution is 7.85. The van der Waals surface area contributed by atoms with Crippen LogP contribution in [0, 0.1) is 0 Å². The number of rotatable bonds is 2. The topological polar surface area (TPSA) is 46.2 Å². The predicted octanol–water partition coefficient (Wildman–Crippen LogP) is 2.47. The second kappa shape index (κ2) is 4.09. The second-order valence-electron chi connectivity index (χ2n) is 3.68. The third-order valence-electron chi connectivity index (χ3n) is 2.63. The van der Waals surface area contributed by atoms with E-state index in [9.17, 15) is 9.00 Å². The van der Waals surface area contributed by atoms with Gasteiger partial charge in [-0.2, -0.15) is 0 Å². The third-order valence-corrected chi connectivity index (χ3v) is 4.73. The fourth-order valence-corrected chi connectivity index (χ4v) is 3.54. The van der Waals surface area contributed by atoms with Crippen LogP contribution in [0.3, 0.4) is 0 Å². The number of hydrogen-bond acceptors (Lipinski definition) is 4. The monoisotopic (exact) mass is 263 g/mol. The zero-order valence-electron chi connectivity index (χ0n) is 8.80. The number of anilines is 1. The summed E-state index contributed by atoms with van der Waals surface area (Å²) >= 11 is 1.42. The summed E-state index contributed by atoms with van der Waals surface area (Å²) in [5.41, 5.74) is 1.47. The Labute approximate surface area is 105 Å². The van der Waals surface area contributed by atoms with E-state index in [-0.39, 0.29) is 5.78 Å². The fourth-order valence-electron chi connectivity index (χ4n) is 1.77. The summed E-state index contributed by atoms with van der Waals surface area (Å²) in [6.45, 7) is 0. The summed E-state index contributed by atoms with van der Waals surface area (Å²) in [5, 5.41) is 4.92. The van der Waals surface area contributed by atoms with Gasteiger partial charge in [0.2, 0.25) is 5.78 Å². The lowest BCUT2D eigenvalue weighted by Crippen LogP contribution is -1.99. The number of nitrogens with one attached hydrogen (secondary N) is 1. The molecule has 1 aliphatic rings. The van der Waals surface area contributed by atoms with Crippen molar-refractivity contribution in [1.29, 1.82) is 0 Å². The number of ketones is 1. The number of benzene rings is 1. The first-order valence-electron chi connectivity index (χ1n) is 5.10. The Hall–Kier alpha value is -1.46. The number of thiophene rings is 1. The molecule has 3 rings (SSSR count). The van der Waals surface area contributed by atoms with Crippen molar-refractivity contribution in [1.82, 2.24) is 0 Å². The van der Waals surface area contributed by atoms with Crippen LogP contribution < -0.4 is 5.32 Å². The molecule has 5 heteroatoms. The molecule has 17 heavy (non-hydrogen) atoms. The molecule has 1 atom stereocenters. The van der Waals surface area contributed by atoms with Gasteiger partial charge in [0.05, 0.1) is 32.1 Å². The van der Waals surface area contributed by atoms with Crippen LogP contribution in [0.5, 0.6) is 0 Å². The van der Waals surface area contributed by atoms with Crippen LogP contribution in [-0.4, -0.2) is 15.9 Å². The molecule has 0 fully saturated rings. The maximum atomic E-state index is 12.1. The van der Waals surface area contributed by atoms with E-state index in [0.717, 1.165) is 10.6 Å². The van der Waals surface area contributed by atoms with Gasteiger partial charge in [-0.25, -0.2) is 0 Å². The van der Waals surface area contributed by atoms with Gasteiger partial charge in [0.15, 0.2) is 0 Å². The molecule has 86 valence electrons. The van der Waals surface area contributed by atoms with Gasteiger partial charge < -0.3 is 5.32 Å². The molecule has 2 aromatic rings. The summed E-state index contributed by atoms with van der Waals surface area (Å²) in [4.78, 5) is 13.5. The Morgan fingerprint density at radius 1 is 1.35 bits per heavy atom. The van der Waals surface area contributed by atoms with Gasteiger partial charge in [-0.3, -0.25) is 9.00 Å². The highest BCUT2D eigenvalue weighted by Crippen LogP contribution is 2.28. The molecule has 1 aromatic heterocycles. The van der Waals surface area contributed by atoms with Gasteiger partial charge in [0.1, 0.15) is 0 Å². The van der Waals surface area contributed by atoms with E-state index in [1.807, 2.05) is 17.5 Å². The highest BCUT2D eigenvalue weighted by atomic mass is 32.2. The lowest BCUT2D eigenvalue weighted by Gasteiger charge is -2.01. The van der Waals surface area contributed by atoms with Gasteiger partial charge in [0, 0.05) is 5.56 Å². The minimum atomic E-state index is -1.03. The van der Waals surface area contributed by atoms with Gasteiger partial charge in [-0.05, 0) is 29.6 Å². The Kier molecular flexibility index (Phi) is 2.57. The minimum Gasteiger partial charge on any atom is -0.372 e. The first-order valence-corrected chi connectivity index (χ1v) is 7.30. The molecular formula is C12H9NO2S2. The van der Waals surface area contributed by atoms with E-state index >= 15 is 0 Å². The SMILES string of the molecule is O=C(c1ccc2c(c1)S(=O)CN2)c1cccs1. The van der Waals surface area contributed by atoms with E-state index in [4.69, 9.17) is 0 Å². The van der Waals surface area contributed by atoms with Gasteiger partial charge >= 0.3 is 0 Å². The molecule has 0 aliphatic carbocycles. The maximum Gasteiger partial charge on any atom is 0.202 e. The summed E-state index contributed by atoms with van der Waals surface area (Å²) in [5.74, 6) is 0.429. The van der Waals surface area contributed by atoms with Gasteiger partial charge in [-0.1, -0.05) is 6.07 Å². The Morgan fingerprint density at radius 3 is 3.00 bits per heavy atom.